The average molecular weight is 483 g/mol. The number of likely N-dealkylation sites (N-methyl/N-ethyl adjacent to an activating group) is 1. The molecule has 1 heterocycles. The van der Waals surface area contributed by atoms with Gasteiger partial charge in [-0.25, -0.2) is 0 Å². The van der Waals surface area contributed by atoms with Crippen LogP contribution in [0.4, 0.5) is 0 Å². The minimum atomic E-state index is -0.623. The first-order chi connectivity index (χ1) is 17.4. The minimum Gasteiger partial charge on any atom is -0.481 e. The van der Waals surface area contributed by atoms with Crippen molar-refractivity contribution in [3.05, 3.63) is 101 Å². The molecule has 36 heavy (non-hydrogen) atoms. The van der Waals surface area contributed by atoms with Crippen LogP contribution in [0.3, 0.4) is 0 Å². The zero-order chi connectivity index (χ0) is 25.2. The highest BCUT2D eigenvalue weighted by molar-refractivity contribution is 5.82. The van der Waals surface area contributed by atoms with E-state index in [0.29, 0.717) is 12.3 Å². The molecule has 0 saturated heterocycles. The van der Waals surface area contributed by atoms with Crippen LogP contribution in [0.5, 0.6) is 5.75 Å². The summed E-state index contributed by atoms with van der Waals surface area (Å²) < 4.78 is 6.17. The summed E-state index contributed by atoms with van der Waals surface area (Å²) in [5.74, 6) is 0.998. The maximum atomic E-state index is 13.2. The smallest absolute Gasteiger partial charge is 0.263 e. The summed E-state index contributed by atoms with van der Waals surface area (Å²) in [6.07, 6.45) is 2.18. The van der Waals surface area contributed by atoms with Gasteiger partial charge in [-0.1, -0.05) is 66.2 Å². The second kappa shape index (κ2) is 10.2. The number of ether oxygens (including phenoxy) is 1. The quantitative estimate of drug-likeness (QED) is 0.459. The number of amides is 2. The second-order valence-corrected chi connectivity index (χ2v) is 10.2. The molecule has 0 spiro atoms. The van der Waals surface area contributed by atoms with E-state index in [2.05, 4.69) is 42.2 Å². The molecule has 5 heteroatoms. The summed E-state index contributed by atoms with van der Waals surface area (Å²) in [6, 6.07) is 24.3. The van der Waals surface area contributed by atoms with E-state index in [-0.39, 0.29) is 23.8 Å². The van der Waals surface area contributed by atoms with Crippen LogP contribution in [0.2, 0.25) is 0 Å². The molecule has 0 aromatic heterocycles. The van der Waals surface area contributed by atoms with Gasteiger partial charge in [-0.05, 0) is 67.5 Å². The van der Waals surface area contributed by atoms with Gasteiger partial charge in [0.25, 0.3) is 5.91 Å². The molecule has 2 aliphatic rings. The van der Waals surface area contributed by atoms with Crippen LogP contribution in [-0.2, 0) is 22.6 Å². The van der Waals surface area contributed by atoms with Crippen molar-refractivity contribution in [2.24, 2.45) is 5.92 Å². The molecule has 1 saturated carbocycles. The van der Waals surface area contributed by atoms with Gasteiger partial charge in [0, 0.05) is 26.1 Å². The fourth-order valence-electron chi connectivity index (χ4n) is 5.08. The zero-order valence-corrected chi connectivity index (χ0v) is 21.3. The number of carbonyl (C=O) groups excluding carboxylic acids is 2. The molecule has 0 radical (unpaired) electrons. The molecule has 1 aliphatic carbocycles. The van der Waals surface area contributed by atoms with Crippen LogP contribution in [0.1, 0.15) is 53.6 Å². The van der Waals surface area contributed by atoms with Gasteiger partial charge in [0.15, 0.2) is 6.10 Å². The van der Waals surface area contributed by atoms with Gasteiger partial charge in [-0.3, -0.25) is 9.59 Å². The van der Waals surface area contributed by atoms with Crippen molar-refractivity contribution in [1.82, 2.24) is 9.80 Å². The Morgan fingerprint density at radius 1 is 1.03 bits per heavy atom. The first kappa shape index (κ1) is 24.1. The molecule has 2 unspecified atom stereocenters. The number of carbonyl (C=O) groups is 2. The second-order valence-electron chi connectivity index (χ2n) is 10.2. The molecule has 5 nitrogen and oxygen atoms in total. The summed E-state index contributed by atoms with van der Waals surface area (Å²) in [6.45, 7) is 5.13. The number of nitrogens with zero attached hydrogens (tertiary/aromatic N) is 2. The summed E-state index contributed by atoms with van der Waals surface area (Å²) in [4.78, 5) is 30.0. The van der Waals surface area contributed by atoms with Crippen LogP contribution in [0, 0.1) is 12.8 Å². The average Bonchev–Trinajstić information content (AvgIpc) is 3.74. The molecule has 3 aromatic rings. The molecular formula is C31H34N2O3. The van der Waals surface area contributed by atoms with E-state index in [0.717, 1.165) is 42.5 Å². The number of fused-ring (bicyclic) bond motifs is 1. The SMILES string of the molecule is Cc1ccc(C2c3cc(OC(C)C(=O)N(C)Cc4ccccc4)ccc3CCN2C(=O)C2CC2)cc1. The monoisotopic (exact) mass is 482 g/mol. The fraction of sp³-hybridized carbons (Fsp3) is 0.355. The van der Waals surface area contributed by atoms with Gasteiger partial charge in [0.2, 0.25) is 5.91 Å². The molecule has 0 bridgehead atoms. The lowest BCUT2D eigenvalue weighted by Gasteiger charge is -2.38. The highest BCUT2D eigenvalue weighted by atomic mass is 16.5. The third-order valence-electron chi connectivity index (χ3n) is 7.25. The zero-order valence-electron chi connectivity index (χ0n) is 21.3. The van der Waals surface area contributed by atoms with Crippen molar-refractivity contribution in [1.29, 1.82) is 0 Å². The maximum absolute atomic E-state index is 13.2. The predicted molar refractivity (Wildman–Crippen MR) is 141 cm³/mol. The van der Waals surface area contributed by atoms with Crippen molar-refractivity contribution < 1.29 is 14.3 Å². The Morgan fingerprint density at radius 2 is 1.75 bits per heavy atom. The van der Waals surface area contributed by atoms with Crippen LogP contribution >= 0.6 is 0 Å². The van der Waals surface area contributed by atoms with Crippen LogP contribution in [-0.4, -0.2) is 41.3 Å². The van der Waals surface area contributed by atoms with Gasteiger partial charge in [-0.15, -0.1) is 0 Å². The predicted octanol–water partition coefficient (Wildman–Crippen LogP) is 5.31. The standard InChI is InChI=1S/C31H34N2O3/c1-21-9-11-25(12-10-21)29-28-19-27(16-15-24(28)17-18-33(29)31(35)26-13-14-26)36-22(2)30(34)32(3)20-23-7-5-4-6-8-23/h4-12,15-16,19,22,26,29H,13-14,17-18,20H2,1-3H3. The van der Waals surface area contributed by atoms with E-state index in [1.165, 1.54) is 11.1 Å². The van der Waals surface area contributed by atoms with E-state index in [9.17, 15) is 9.59 Å². The van der Waals surface area contributed by atoms with E-state index in [4.69, 9.17) is 4.74 Å². The summed E-state index contributed by atoms with van der Waals surface area (Å²) in [5.41, 5.74) is 5.70. The molecule has 5 rings (SSSR count). The topological polar surface area (TPSA) is 49.9 Å². The van der Waals surface area contributed by atoms with Crippen molar-refractivity contribution in [3.8, 4) is 5.75 Å². The lowest BCUT2D eigenvalue weighted by Crippen LogP contribution is -2.41. The minimum absolute atomic E-state index is 0.0720. The van der Waals surface area contributed by atoms with Gasteiger partial charge in [-0.2, -0.15) is 0 Å². The number of rotatable bonds is 7. The van der Waals surface area contributed by atoms with Crippen molar-refractivity contribution in [3.63, 3.8) is 0 Å². The Hall–Kier alpha value is -3.60. The third-order valence-corrected chi connectivity index (χ3v) is 7.25. The lowest BCUT2D eigenvalue weighted by atomic mass is 9.87. The number of hydrogen-bond acceptors (Lipinski definition) is 3. The highest BCUT2D eigenvalue weighted by Crippen LogP contribution is 2.41. The highest BCUT2D eigenvalue weighted by Gasteiger charge is 2.39. The van der Waals surface area contributed by atoms with Crippen molar-refractivity contribution >= 4 is 11.8 Å². The van der Waals surface area contributed by atoms with Crippen LogP contribution < -0.4 is 4.74 Å². The van der Waals surface area contributed by atoms with E-state index < -0.39 is 6.10 Å². The first-order valence-electron chi connectivity index (χ1n) is 12.9. The molecule has 0 N–H and O–H groups in total. The summed E-state index contributed by atoms with van der Waals surface area (Å²) >= 11 is 0. The van der Waals surface area contributed by atoms with Gasteiger partial charge >= 0.3 is 0 Å². The Labute approximate surface area is 213 Å². The summed E-state index contributed by atoms with van der Waals surface area (Å²) in [7, 11) is 1.80. The molecular weight excluding hydrogens is 448 g/mol. The van der Waals surface area contributed by atoms with E-state index in [1.54, 1.807) is 18.9 Å². The summed E-state index contributed by atoms with van der Waals surface area (Å²) in [5, 5.41) is 0. The molecule has 1 fully saturated rings. The van der Waals surface area contributed by atoms with Crippen LogP contribution in [0.15, 0.2) is 72.8 Å². The van der Waals surface area contributed by atoms with Crippen molar-refractivity contribution in [2.45, 2.75) is 51.8 Å². The Balaban J connectivity index is 1.38. The first-order valence-corrected chi connectivity index (χ1v) is 12.9. The molecule has 3 aromatic carbocycles. The molecule has 2 amide bonds. The Kier molecular flexibility index (Phi) is 6.82. The van der Waals surface area contributed by atoms with E-state index in [1.807, 2.05) is 42.5 Å². The van der Waals surface area contributed by atoms with Gasteiger partial charge in [0.1, 0.15) is 5.75 Å². The Morgan fingerprint density at radius 3 is 2.44 bits per heavy atom. The van der Waals surface area contributed by atoms with Gasteiger partial charge in [0.05, 0.1) is 6.04 Å². The molecule has 186 valence electrons. The Bertz CT molecular complexity index is 1230. The van der Waals surface area contributed by atoms with Gasteiger partial charge < -0.3 is 14.5 Å². The largest absolute Gasteiger partial charge is 0.481 e. The number of hydrogen-bond donors (Lipinski definition) is 0. The van der Waals surface area contributed by atoms with Crippen molar-refractivity contribution in [2.75, 3.05) is 13.6 Å². The van der Waals surface area contributed by atoms with Crippen LogP contribution in [0.25, 0.3) is 0 Å². The third kappa shape index (κ3) is 5.15. The lowest BCUT2D eigenvalue weighted by molar-refractivity contribution is -0.137. The number of aryl methyl sites for hydroxylation is 1. The molecule has 1 aliphatic heterocycles. The molecule has 2 atom stereocenters. The normalized spacial score (nSPS) is 17.8. The fourth-order valence-corrected chi connectivity index (χ4v) is 5.08. The maximum Gasteiger partial charge on any atom is 0.263 e. The van der Waals surface area contributed by atoms with E-state index >= 15 is 0 Å². The number of benzene rings is 3.